The van der Waals surface area contributed by atoms with Crippen molar-refractivity contribution in [3.63, 3.8) is 0 Å². The fourth-order valence-corrected chi connectivity index (χ4v) is 15.4. The first-order valence-electron chi connectivity index (χ1n) is 38.8. The number of rotatable bonds is 34. The Morgan fingerprint density at radius 2 is 0.595 bits per heavy atom. The van der Waals surface area contributed by atoms with Crippen LogP contribution in [0.5, 0.6) is 0 Å². The van der Waals surface area contributed by atoms with Gasteiger partial charge in [-0.2, -0.15) is 0 Å². The lowest BCUT2D eigenvalue weighted by molar-refractivity contribution is -0.392. The zero-order valence-electron chi connectivity index (χ0n) is 65.7. The lowest BCUT2D eigenvalue weighted by atomic mass is 9.93. The minimum atomic E-state index is -2.40. The average Bonchev–Trinajstić information content (AvgIpc) is 0.756. The van der Waals surface area contributed by atoms with Crippen molar-refractivity contribution in [2.24, 2.45) is 0 Å². The number of carbonyl (C=O) groups excluding carboxylic acids is 4. The van der Waals surface area contributed by atoms with E-state index in [1.54, 1.807) is 0 Å². The van der Waals surface area contributed by atoms with Gasteiger partial charge >= 0.3 is 0 Å². The molecule has 9 aliphatic heterocycles. The number of aliphatic hydroxyl groups excluding tert-OH is 27. The largest absolute Gasteiger partial charge is 0.394 e. The summed E-state index contributed by atoms with van der Waals surface area (Å²) in [6.07, 6.45) is -90.0. The van der Waals surface area contributed by atoms with Crippen LogP contribution in [0.3, 0.4) is 0 Å². The second-order valence-corrected chi connectivity index (χ2v) is 30.7. The summed E-state index contributed by atoms with van der Waals surface area (Å²) in [4.78, 5) is 51.3. The fourth-order valence-electron chi connectivity index (χ4n) is 15.4. The maximum atomic E-state index is 13.0. The highest BCUT2D eigenvalue weighted by Crippen LogP contribution is 2.40. The first kappa shape index (κ1) is 101. The van der Waals surface area contributed by atoms with Crippen LogP contribution in [0.25, 0.3) is 0 Å². The first-order valence-corrected chi connectivity index (χ1v) is 38.8. The van der Waals surface area contributed by atoms with Crippen LogP contribution in [0.15, 0.2) is 0 Å². The van der Waals surface area contributed by atoms with Crippen LogP contribution < -0.4 is 21.3 Å². The van der Waals surface area contributed by atoms with Crippen LogP contribution in [-0.4, -0.2) is 521 Å². The predicted molar refractivity (Wildman–Crippen MR) is 375 cm³/mol. The molecule has 9 heterocycles. The van der Waals surface area contributed by atoms with Crippen LogP contribution in [0.1, 0.15) is 41.5 Å². The zero-order valence-corrected chi connectivity index (χ0v) is 65.7. The SMILES string of the molecule is CC(=O)N[C@H]1[C@H](OC[C@@H](O)[C@H](O)[C@H](O[C@@H]2O[C@H](CO)[C@H](O)[C@H](O)[C@H]2O[C@@H]2O[C@@H](C)[C@@H](O)[C@@H](O)[C@@H]2O)[C@H](CO)NC(C)=O)O[C@H](CO)[C@@H](O[C@@H]2O[C@H](CO)[C@H](O)[C@H](O[C@@H]3O[C@H](CO)[C@@H](O[C@@H]4O[C@H](CO)[C@H](O)[C@H](O[C@@H]5O[C@H](CO)[C@@H](O[C@@H]6O[C@H](CO)[C@H](O)[C@H](O)[C@H]6O[C@@H]6O[C@@H](C)[C@@H](O)[C@@H](O)[C@@H]6O)[C@H](O)[C@H]5NC(C)=O)[C@H]4O)[C@H](O)[C@H]3NC(C)=O)[C@H]2O)[C@@H]1O. The molecule has 0 aromatic rings. The third kappa shape index (κ3) is 22.9. The van der Waals surface area contributed by atoms with Gasteiger partial charge in [0.25, 0.3) is 0 Å². The lowest BCUT2D eigenvalue weighted by Gasteiger charge is -2.51. The quantitative estimate of drug-likeness (QED) is 0.0284. The van der Waals surface area contributed by atoms with Gasteiger partial charge < -0.3 is 244 Å². The molecule has 702 valence electrons. The van der Waals surface area contributed by atoms with Gasteiger partial charge in [0, 0.05) is 27.7 Å². The number of nitrogens with one attached hydrogen (secondary N) is 4. The molecular weight excluding hydrogens is 1660 g/mol. The summed E-state index contributed by atoms with van der Waals surface area (Å²) in [6.45, 7) is -3.66. The second kappa shape index (κ2) is 44.4. The number of ether oxygens (including phenoxy) is 18. The third-order valence-corrected chi connectivity index (χ3v) is 22.1. The minimum absolute atomic E-state index is 0.876. The predicted octanol–water partition coefficient (Wildman–Crippen LogP) is -20.5. The van der Waals surface area contributed by atoms with Crippen molar-refractivity contribution in [1.29, 1.82) is 0 Å². The van der Waals surface area contributed by atoms with Gasteiger partial charge in [-0.15, -0.1) is 0 Å². The van der Waals surface area contributed by atoms with Crippen LogP contribution in [-0.2, 0) is 104 Å². The molecule has 0 aliphatic carbocycles. The Balaban J connectivity index is 0.890. The Kier molecular flexibility index (Phi) is 37.0. The van der Waals surface area contributed by atoms with Crippen LogP contribution in [0.2, 0.25) is 0 Å². The Hall–Kier alpha value is -3.92. The summed E-state index contributed by atoms with van der Waals surface area (Å²) in [5, 5.41) is 309. The molecule has 0 aromatic carbocycles. The fraction of sp³-hybridized carbons (Fsp3) is 0.941. The molecule has 49 atom stereocenters. The standard InChI is InChI=1S/C68H116N4O49/c1-16-34(86)44(96)48(100)63(105-16)120-58-46(98)37(89)24(8-74)109-67(58)114-52(22(7-73)69-18(3)81)36(88)23(85)15-104-60-31(70-19(4)82)41(93)53(28(12-78)111-60)115-65-50(102)56(39(91)26(10-76)107-65)118-61-32(71-20(5)83)42(94)54(29(13-79)112-61)116-66-51(103)57(40(92)27(11-77)108-66)119-62-33(72-21(6)84)43(95)55(30(14-80)113-62)117-68-59(47(99)38(90)25(9-75)110-68)121-64-49(101)45(97)35(87)17(2)106-64/h16-17,22-68,73-80,85-103H,7-15H2,1-6H3,(H,69,81)(H,70,82)(H,71,83)(H,72,84)/t16-,17-,22-,23+,24+,25+,26+,27+,28+,29+,30+,31+,32+,33+,34+,35+,36-,37-,38-,39-,40-,41+,42+,43+,44+,45+,46-,47-,48-,49-,50+,51+,52+,53+,54+,55+,56-,57-,58+,59+,60+,61-,62-,63-,64-,65-,66-,67-,68-/m0/s1. The molecule has 121 heavy (non-hydrogen) atoms. The Bertz CT molecular complexity index is 3220. The summed E-state index contributed by atoms with van der Waals surface area (Å²) >= 11 is 0. The van der Waals surface area contributed by atoms with Crippen molar-refractivity contribution in [2.75, 3.05) is 59.5 Å². The maximum Gasteiger partial charge on any atom is 0.217 e. The molecule has 53 nitrogen and oxygen atoms in total. The minimum Gasteiger partial charge on any atom is -0.394 e. The van der Waals surface area contributed by atoms with E-state index in [-0.39, 0.29) is 0 Å². The number of aliphatic hydroxyl groups is 27. The number of hydrogen-bond acceptors (Lipinski definition) is 49. The average molecular weight is 1770 g/mol. The summed E-state index contributed by atoms with van der Waals surface area (Å²) < 4.78 is 105. The van der Waals surface area contributed by atoms with Crippen molar-refractivity contribution in [1.82, 2.24) is 21.3 Å². The van der Waals surface area contributed by atoms with E-state index >= 15 is 0 Å². The molecule has 0 spiro atoms. The second-order valence-electron chi connectivity index (χ2n) is 30.7. The molecule has 9 fully saturated rings. The molecule has 9 aliphatic rings. The van der Waals surface area contributed by atoms with Crippen molar-refractivity contribution in [2.45, 2.75) is 342 Å². The molecule has 9 rings (SSSR count). The van der Waals surface area contributed by atoms with Crippen LogP contribution in [0, 0.1) is 0 Å². The monoisotopic (exact) mass is 1770 g/mol. The van der Waals surface area contributed by atoms with E-state index in [0.29, 0.717) is 0 Å². The molecule has 0 bridgehead atoms. The topological polar surface area (TPSA) is 829 Å². The zero-order chi connectivity index (χ0) is 89.5. The molecule has 0 unspecified atom stereocenters. The highest BCUT2D eigenvalue weighted by molar-refractivity contribution is 5.74. The van der Waals surface area contributed by atoms with Gasteiger partial charge in [-0.05, 0) is 13.8 Å². The Labute approximate surface area is 686 Å². The highest BCUT2D eigenvalue weighted by atomic mass is 16.8. The van der Waals surface area contributed by atoms with E-state index in [0.717, 1.165) is 27.7 Å². The third-order valence-electron chi connectivity index (χ3n) is 22.1. The first-order chi connectivity index (χ1) is 57.1. The summed E-state index contributed by atoms with van der Waals surface area (Å²) in [6, 6.07) is -7.50. The summed E-state index contributed by atoms with van der Waals surface area (Å²) in [5.74, 6) is -3.70. The van der Waals surface area contributed by atoms with E-state index < -0.39 is 384 Å². The van der Waals surface area contributed by atoms with Crippen LogP contribution >= 0.6 is 0 Å². The van der Waals surface area contributed by atoms with Crippen molar-refractivity contribution in [3.8, 4) is 0 Å². The number of amides is 4. The molecule has 31 N–H and O–H groups in total. The number of carbonyl (C=O) groups is 4. The van der Waals surface area contributed by atoms with Gasteiger partial charge in [0.15, 0.2) is 56.6 Å². The van der Waals surface area contributed by atoms with Crippen LogP contribution in [0.4, 0.5) is 0 Å². The molecule has 0 aromatic heterocycles. The molecule has 0 saturated carbocycles. The molecule has 9 saturated heterocycles. The smallest absolute Gasteiger partial charge is 0.217 e. The molecule has 53 heteroatoms. The van der Waals surface area contributed by atoms with Gasteiger partial charge in [-0.1, -0.05) is 0 Å². The molecule has 4 amide bonds. The van der Waals surface area contributed by atoms with Crippen molar-refractivity contribution >= 4 is 23.6 Å². The number of hydrogen-bond donors (Lipinski definition) is 31. The van der Waals surface area contributed by atoms with E-state index in [4.69, 9.17) is 85.3 Å². The van der Waals surface area contributed by atoms with Gasteiger partial charge in [0.1, 0.15) is 226 Å². The van der Waals surface area contributed by atoms with E-state index in [1.807, 2.05) is 0 Å². The highest BCUT2D eigenvalue weighted by Gasteiger charge is 2.61. The maximum absolute atomic E-state index is 13.0. The van der Waals surface area contributed by atoms with Crippen molar-refractivity contribution < 1.29 is 242 Å². The van der Waals surface area contributed by atoms with E-state index in [2.05, 4.69) is 21.3 Å². The van der Waals surface area contributed by atoms with Gasteiger partial charge in [0.05, 0.1) is 77.7 Å². The molecular formula is C68H116N4O49. The summed E-state index contributed by atoms with van der Waals surface area (Å²) in [5.41, 5.74) is 0. The Morgan fingerprint density at radius 3 is 0.950 bits per heavy atom. The van der Waals surface area contributed by atoms with E-state index in [1.165, 1.54) is 13.8 Å². The van der Waals surface area contributed by atoms with Gasteiger partial charge in [-0.25, -0.2) is 0 Å². The Morgan fingerprint density at radius 1 is 0.298 bits per heavy atom. The van der Waals surface area contributed by atoms with Gasteiger partial charge in [-0.3, -0.25) is 19.2 Å². The van der Waals surface area contributed by atoms with Crippen molar-refractivity contribution in [3.05, 3.63) is 0 Å². The molecule has 0 radical (unpaired) electrons. The summed E-state index contributed by atoms with van der Waals surface area (Å²) in [7, 11) is 0. The van der Waals surface area contributed by atoms with Gasteiger partial charge in [0.2, 0.25) is 23.6 Å². The normalized spacial score (nSPS) is 47.3. The van der Waals surface area contributed by atoms with E-state index in [9.17, 15) is 157 Å². The lowest BCUT2D eigenvalue weighted by Crippen LogP contribution is -2.71.